The van der Waals surface area contributed by atoms with Crippen LogP contribution in [0.15, 0.2) is 18.2 Å². The maximum Gasteiger partial charge on any atom is 0.115 e. The Bertz CT molecular complexity index is 570. The first-order chi connectivity index (χ1) is 11.2. The van der Waals surface area contributed by atoms with E-state index < -0.39 is 0 Å². The summed E-state index contributed by atoms with van der Waals surface area (Å²) in [5.41, 5.74) is 2.80. The second kappa shape index (κ2) is 6.10. The van der Waals surface area contributed by atoms with Crippen molar-refractivity contribution < 1.29 is 14.9 Å². The van der Waals surface area contributed by atoms with E-state index in [1.807, 2.05) is 12.1 Å². The van der Waals surface area contributed by atoms with Gasteiger partial charge in [-0.3, -0.25) is 0 Å². The van der Waals surface area contributed by atoms with Crippen molar-refractivity contribution in [3.8, 4) is 5.75 Å². The standard InChI is InChI=1S/C20H28O3/c1-23-9-8-13-11-18-16(6-7-19(18)22)17-4-2-12-10-14(21)3-5-15(12)20(13)17/h3,5,10,13,16-22H,2,4,6-9,11H2,1H3/t13-,16?,17?,18?,19-,20?/m0/s1. The van der Waals surface area contributed by atoms with Gasteiger partial charge in [-0.15, -0.1) is 0 Å². The smallest absolute Gasteiger partial charge is 0.115 e. The number of phenols is 1. The number of ether oxygens (including phenoxy) is 1. The number of aromatic hydroxyl groups is 1. The summed E-state index contributed by atoms with van der Waals surface area (Å²) in [5.74, 6) is 3.46. The van der Waals surface area contributed by atoms with Gasteiger partial charge in [0.05, 0.1) is 6.10 Å². The molecule has 0 bridgehead atoms. The van der Waals surface area contributed by atoms with Gasteiger partial charge in [-0.1, -0.05) is 6.07 Å². The van der Waals surface area contributed by atoms with E-state index in [0.717, 1.165) is 32.3 Å². The van der Waals surface area contributed by atoms with Gasteiger partial charge in [-0.05, 0) is 91.4 Å². The fourth-order valence-electron chi connectivity index (χ4n) is 5.95. The van der Waals surface area contributed by atoms with Crippen molar-refractivity contribution >= 4 is 0 Å². The number of fused-ring (bicyclic) bond motifs is 5. The lowest BCUT2D eigenvalue weighted by molar-refractivity contribution is 0.0160. The molecule has 0 aromatic heterocycles. The summed E-state index contributed by atoms with van der Waals surface area (Å²) in [5, 5.41) is 20.2. The summed E-state index contributed by atoms with van der Waals surface area (Å²) in [4.78, 5) is 0. The zero-order valence-electron chi connectivity index (χ0n) is 13.9. The molecule has 6 atom stereocenters. The summed E-state index contributed by atoms with van der Waals surface area (Å²) in [6.45, 7) is 0.800. The van der Waals surface area contributed by atoms with Crippen molar-refractivity contribution in [3.05, 3.63) is 29.3 Å². The molecule has 126 valence electrons. The first-order valence-corrected chi connectivity index (χ1v) is 9.18. The molecular formula is C20H28O3. The Labute approximate surface area is 138 Å². The molecular weight excluding hydrogens is 288 g/mol. The first-order valence-electron chi connectivity index (χ1n) is 9.18. The molecule has 0 amide bonds. The quantitative estimate of drug-likeness (QED) is 0.897. The van der Waals surface area contributed by atoms with Gasteiger partial charge in [0, 0.05) is 13.7 Å². The molecule has 23 heavy (non-hydrogen) atoms. The van der Waals surface area contributed by atoms with E-state index in [1.165, 1.54) is 24.0 Å². The highest BCUT2D eigenvalue weighted by Crippen LogP contribution is 2.58. The SMILES string of the molecule is COCC[C@H]1CC2C(CC[C@@H]2O)C2CCc3cc(O)ccc3C21. The maximum atomic E-state index is 10.4. The van der Waals surface area contributed by atoms with E-state index >= 15 is 0 Å². The van der Waals surface area contributed by atoms with E-state index in [2.05, 4.69) is 6.07 Å². The molecule has 0 heterocycles. The van der Waals surface area contributed by atoms with Crippen molar-refractivity contribution in [2.24, 2.45) is 23.7 Å². The van der Waals surface area contributed by atoms with Crippen LogP contribution in [0.5, 0.6) is 5.75 Å². The Morgan fingerprint density at radius 3 is 2.83 bits per heavy atom. The summed E-state index contributed by atoms with van der Waals surface area (Å²) >= 11 is 0. The third-order valence-corrected chi connectivity index (χ3v) is 6.86. The van der Waals surface area contributed by atoms with Crippen LogP contribution in [-0.2, 0) is 11.2 Å². The molecule has 3 nitrogen and oxygen atoms in total. The molecule has 3 aliphatic carbocycles. The molecule has 2 fully saturated rings. The molecule has 3 heteroatoms. The second-order valence-corrected chi connectivity index (χ2v) is 7.86. The lowest BCUT2D eigenvalue weighted by Crippen LogP contribution is -2.42. The Morgan fingerprint density at radius 1 is 1.13 bits per heavy atom. The zero-order chi connectivity index (χ0) is 16.0. The van der Waals surface area contributed by atoms with Gasteiger partial charge in [0.2, 0.25) is 0 Å². The summed E-state index contributed by atoms with van der Waals surface area (Å²) in [6.07, 6.45) is 6.58. The van der Waals surface area contributed by atoms with Crippen LogP contribution in [0.4, 0.5) is 0 Å². The predicted octanol–water partition coefficient (Wildman–Crippen LogP) is 3.48. The minimum atomic E-state index is -0.0905. The minimum Gasteiger partial charge on any atom is -0.508 e. The van der Waals surface area contributed by atoms with Crippen molar-refractivity contribution in [1.82, 2.24) is 0 Å². The van der Waals surface area contributed by atoms with Gasteiger partial charge in [0.1, 0.15) is 5.75 Å². The van der Waals surface area contributed by atoms with Crippen LogP contribution >= 0.6 is 0 Å². The average Bonchev–Trinajstić information content (AvgIpc) is 2.93. The highest BCUT2D eigenvalue weighted by atomic mass is 16.5. The van der Waals surface area contributed by atoms with Gasteiger partial charge >= 0.3 is 0 Å². The Kier molecular flexibility index (Phi) is 4.10. The van der Waals surface area contributed by atoms with Crippen LogP contribution in [0.1, 0.15) is 49.1 Å². The van der Waals surface area contributed by atoms with E-state index in [1.54, 1.807) is 7.11 Å². The zero-order valence-corrected chi connectivity index (χ0v) is 13.9. The van der Waals surface area contributed by atoms with Gasteiger partial charge in [0.15, 0.2) is 0 Å². The molecule has 2 saturated carbocycles. The van der Waals surface area contributed by atoms with Crippen LogP contribution in [0.2, 0.25) is 0 Å². The highest BCUT2D eigenvalue weighted by molar-refractivity contribution is 5.40. The lowest BCUT2D eigenvalue weighted by Gasteiger charge is -2.49. The molecule has 1 aromatic carbocycles. The molecule has 0 saturated heterocycles. The number of rotatable bonds is 3. The fourth-order valence-corrected chi connectivity index (χ4v) is 5.95. The number of phenolic OH excluding ortho intramolecular Hbond substituents is 1. The third-order valence-electron chi connectivity index (χ3n) is 6.86. The predicted molar refractivity (Wildman–Crippen MR) is 89.5 cm³/mol. The normalized spacial score (nSPS) is 38.7. The Hall–Kier alpha value is -1.06. The number of aryl methyl sites for hydroxylation is 1. The minimum absolute atomic E-state index is 0.0905. The molecule has 4 unspecified atom stereocenters. The summed E-state index contributed by atoms with van der Waals surface area (Å²) in [7, 11) is 1.78. The van der Waals surface area contributed by atoms with E-state index in [4.69, 9.17) is 4.74 Å². The van der Waals surface area contributed by atoms with Crippen LogP contribution in [-0.4, -0.2) is 30.0 Å². The summed E-state index contributed by atoms with van der Waals surface area (Å²) < 4.78 is 5.37. The number of aliphatic hydroxyl groups is 1. The number of aliphatic hydroxyl groups excluding tert-OH is 1. The van der Waals surface area contributed by atoms with Crippen molar-refractivity contribution in [2.45, 2.75) is 50.5 Å². The van der Waals surface area contributed by atoms with Crippen molar-refractivity contribution in [2.75, 3.05) is 13.7 Å². The number of benzene rings is 1. The average molecular weight is 316 g/mol. The third kappa shape index (κ3) is 2.58. The maximum absolute atomic E-state index is 10.4. The lowest BCUT2D eigenvalue weighted by atomic mass is 9.56. The number of hydrogen-bond acceptors (Lipinski definition) is 3. The molecule has 3 aliphatic rings. The van der Waals surface area contributed by atoms with Crippen LogP contribution in [0, 0.1) is 23.7 Å². The first kappa shape index (κ1) is 15.5. The highest BCUT2D eigenvalue weighted by Gasteiger charge is 2.50. The van der Waals surface area contributed by atoms with E-state index in [0.29, 0.717) is 35.3 Å². The van der Waals surface area contributed by atoms with Gasteiger partial charge < -0.3 is 14.9 Å². The molecule has 1 aromatic rings. The number of methoxy groups -OCH3 is 1. The van der Waals surface area contributed by atoms with Crippen LogP contribution in [0.3, 0.4) is 0 Å². The molecule has 0 aliphatic heterocycles. The second-order valence-electron chi connectivity index (χ2n) is 7.86. The summed E-state index contributed by atoms with van der Waals surface area (Å²) in [6, 6.07) is 5.98. The molecule has 4 rings (SSSR count). The Balaban J connectivity index is 1.70. The van der Waals surface area contributed by atoms with E-state index in [-0.39, 0.29) is 6.10 Å². The van der Waals surface area contributed by atoms with Gasteiger partial charge in [0.25, 0.3) is 0 Å². The topological polar surface area (TPSA) is 49.7 Å². The Morgan fingerprint density at radius 2 is 2.00 bits per heavy atom. The van der Waals surface area contributed by atoms with Crippen molar-refractivity contribution in [1.29, 1.82) is 0 Å². The van der Waals surface area contributed by atoms with Crippen LogP contribution in [0.25, 0.3) is 0 Å². The van der Waals surface area contributed by atoms with Crippen molar-refractivity contribution in [3.63, 3.8) is 0 Å². The molecule has 0 radical (unpaired) electrons. The monoisotopic (exact) mass is 316 g/mol. The number of hydrogen-bond donors (Lipinski definition) is 2. The molecule has 2 N–H and O–H groups in total. The molecule has 0 spiro atoms. The van der Waals surface area contributed by atoms with Gasteiger partial charge in [-0.2, -0.15) is 0 Å². The van der Waals surface area contributed by atoms with Gasteiger partial charge in [-0.25, -0.2) is 0 Å². The van der Waals surface area contributed by atoms with E-state index in [9.17, 15) is 10.2 Å². The largest absolute Gasteiger partial charge is 0.508 e. The fraction of sp³-hybridized carbons (Fsp3) is 0.700. The van der Waals surface area contributed by atoms with Crippen LogP contribution < -0.4 is 0 Å².